The first kappa shape index (κ1) is 12.0. The predicted octanol–water partition coefficient (Wildman–Crippen LogP) is 3.99. The van der Waals surface area contributed by atoms with Gasteiger partial charge in [-0.05, 0) is 29.8 Å². The van der Waals surface area contributed by atoms with Gasteiger partial charge < -0.3 is 0 Å². The predicted molar refractivity (Wildman–Crippen MR) is 68.4 cm³/mol. The van der Waals surface area contributed by atoms with Gasteiger partial charge >= 0.3 is 0 Å². The Labute approximate surface area is 112 Å². The van der Waals surface area contributed by atoms with E-state index in [1.54, 1.807) is 22.7 Å². The third-order valence-electron chi connectivity index (χ3n) is 2.81. The highest BCUT2D eigenvalue weighted by Gasteiger charge is 2.12. The van der Waals surface area contributed by atoms with Gasteiger partial charge in [0.2, 0.25) is 0 Å². The molecule has 0 aliphatic carbocycles. The fraction of sp³-hybridized carbons (Fsp3) is 0.0769. The Morgan fingerprint density at radius 3 is 2.84 bits per heavy atom. The van der Waals surface area contributed by atoms with Crippen LogP contribution in [-0.2, 0) is 0 Å². The van der Waals surface area contributed by atoms with Crippen molar-refractivity contribution >= 4 is 17.2 Å². The lowest BCUT2D eigenvalue weighted by Crippen LogP contribution is -1.92. The number of aromatic nitrogens is 3. The summed E-state index contributed by atoms with van der Waals surface area (Å²) < 4.78 is 27.0. The van der Waals surface area contributed by atoms with E-state index >= 15 is 0 Å². The average Bonchev–Trinajstić information content (AvgIpc) is 2.81. The standard InChI is InChI=1S/C13H8ClF2N3/c14-11-7-18-13-9(2-1-5-19(11)13)8-3-4-17-10(6-8)12(15)16/h1-7,12H. The summed E-state index contributed by atoms with van der Waals surface area (Å²) in [6.45, 7) is 0. The maximum absolute atomic E-state index is 12.7. The highest BCUT2D eigenvalue weighted by atomic mass is 35.5. The zero-order valence-electron chi connectivity index (χ0n) is 9.59. The number of hydrogen-bond acceptors (Lipinski definition) is 2. The molecule has 6 heteroatoms. The van der Waals surface area contributed by atoms with Crippen LogP contribution in [0.4, 0.5) is 8.78 Å². The van der Waals surface area contributed by atoms with Gasteiger partial charge in [-0.15, -0.1) is 0 Å². The van der Waals surface area contributed by atoms with Crippen LogP contribution in [0.1, 0.15) is 12.1 Å². The molecule has 0 aliphatic heterocycles. The Balaban J connectivity index is 2.21. The molecule has 0 bridgehead atoms. The molecule has 3 heterocycles. The molecule has 3 rings (SSSR count). The summed E-state index contributed by atoms with van der Waals surface area (Å²) in [7, 11) is 0. The van der Waals surface area contributed by atoms with Gasteiger partial charge in [-0.2, -0.15) is 0 Å². The van der Waals surface area contributed by atoms with Crippen LogP contribution in [0.25, 0.3) is 16.8 Å². The SMILES string of the molecule is FC(F)c1cc(-c2cccn3c(Cl)cnc23)ccn1. The summed E-state index contributed by atoms with van der Waals surface area (Å²) in [5.41, 5.74) is 1.74. The zero-order chi connectivity index (χ0) is 13.4. The molecule has 3 nitrogen and oxygen atoms in total. The monoisotopic (exact) mass is 279 g/mol. The summed E-state index contributed by atoms with van der Waals surface area (Å²) in [6, 6.07) is 6.63. The van der Waals surface area contributed by atoms with Crippen molar-refractivity contribution in [2.24, 2.45) is 0 Å². The van der Waals surface area contributed by atoms with E-state index in [0.29, 0.717) is 16.4 Å². The van der Waals surface area contributed by atoms with Crippen LogP contribution < -0.4 is 0 Å². The lowest BCUT2D eigenvalue weighted by atomic mass is 10.1. The van der Waals surface area contributed by atoms with Gasteiger partial charge in [-0.3, -0.25) is 9.38 Å². The van der Waals surface area contributed by atoms with Crippen molar-refractivity contribution in [1.82, 2.24) is 14.4 Å². The molecule has 0 unspecified atom stereocenters. The van der Waals surface area contributed by atoms with Crippen molar-refractivity contribution in [2.75, 3.05) is 0 Å². The molecule has 0 radical (unpaired) electrons. The fourth-order valence-corrected chi connectivity index (χ4v) is 2.13. The quantitative estimate of drug-likeness (QED) is 0.710. The second kappa shape index (κ2) is 4.59. The van der Waals surface area contributed by atoms with Crippen molar-refractivity contribution in [3.8, 4) is 11.1 Å². The lowest BCUT2D eigenvalue weighted by molar-refractivity contribution is 0.146. The summed E-state index contributed by atoms with van der Waals surface area (Å²) in [6.07, 6.45) is 2.06. The Morgan fingerprint density at radius 1 is 1.21 bits per heavy atom. The topological polar surface area (TPSA) is 30.2 Å². The maximum Gasteiger partial charge on any atom is 0.280 e. The van der Waals surface area contributed by atoms with Crippen LogP contribution in [0.2, 0.25) is 5.15 Å². The van der Waals surface area contributed by atoms with E-state index in [1.165, 1.54) is 18.5 Å². The number of alkyl halides is 2. The molecular weight excluding hydrogens is 272 g/mol. The minimum atomic E-state index is -2.59. The van der Waals surface area contributed by atoms with Crippen molar-refractivity contribution in [2.45, 2.75) is 6.43 Å². The van der Waals surface area contributed by atoms with Crippen LogP contribution in [0.15, 0.2) is 42.9 Å². The summed E-state index contributed by atoms with van der Waals surface area (Å²) >= 11 is 5.98. The van der Waals surface area contributed by atoms with Gasteiger partial charge in [-0.25, -0.2) is 13.8 Å². The third kappa shape index (κ3) is 2.06. The Hall–Kier alpha value is -2.01. The van der Waals surface area contributed by atoms with Gasteiger partial charge in [0, 0.05) is 18.0 Å². The molecule has 0 atom stereocenters. The molecule has 0 saturated heterocycles. The minimum Gasteiger partial charge on any atom is -0.290 e. The van der Waals surface area contributed by atoms with E-state index in [2.05, 4.69) is 9.97 Å². The van der Waals surface area contributed by atoms with Gasteiger partial charge in [0.1, 0.15) is 16.5 Å². The van der Waals surface area contributed by atoms with Crippen LogP contribution >= 0.6 is 11.6 Å². The first-order valence-corrected chi connectivity index (χ1v) is 5.90. The summed E-state index contributed by atoms with van der Waals surface area (Å²) in [4.78, 5) is 7.84. The number of rotatable bonds is 2. The van der Waals surface area contributed by atoms with Gasteiger partial charge in [0.05, 0.1) is 6.20 Å². The smallest absolute Gasteiger partial charge is 0.280 e. The van der Waals surface area contributed by atoms with Crippen molar-refractivity contribution in [1.29, 1.82) is 0 Å². The molecule has 0 amide bonds. The van der Waals surface area contributed by atoms with Crippen LogP contribution in [-0.4, -0.2) is 14.4 Å². The molecule has 0 spiro atoms. The van der Waals surface area contributed by atoms with E-state index in [4.69, 9.17) is 11.6 Å². The largest absolute Gasteiger partial charge is 0.290 e. The molecular formula is C13H8ClF2N3. The normalized spacial score (nSPS) is 11.4. The van der Waals surface area contributed by atoms with Crippen LogP contribution in [0.5, 0.6) is 0 Å². The average molecular weight is 280 g/mol. The van der Waals surface area contributed by atoms with Gasteiger partial charge in [-0.1, -0.05) is 11.6 Å². The minimum absolute atomic E-state index is 0.253. The number of imidazole rings is 1. The number of pyridine rings is 2. The first-order chi connectivity index (χ1) is 9.16. The molecule has 0 saturated carbocycles. The molecule has 0 N–H and O–H groups in total. The zero-order valence-corrected chi connectivity index (χ0v) is 10.4. The number of halogens is 3. The Bertz CT molecular complexity index is 740. The van der Waals surface area contributed by atoms with Crippen molar-refractivity contribution in [3.05, 3.63) is 53.7 Å². The van der Waals surface area contributed by atoms with Crippen molar-refractivity contribution < 1.29 is 8.78 Å². The second-order valence-electron chi connectivity index (χ2n) is 3.97. The number of fused-ring (bicyclic) bond motifs is 1. The molecule has 0 aromatic carbocycles. The van der Waals surface area contributed by atoms with E-state index < -0.39 is 6.43 Å². The highest BCUT2D eigenvalue weighted by Crippen LogP contribution is 2.28. The molecule has 3 aromatic heterocycles. The van der Waals surface area contributed by atoms with E-state index in [1.807, 2.05) is 6.07 Å². The lowest BCUT2D eigenvalue weighted by Gasteiger charge is -2.06. The van der Waals surface area contributed by atoms with E-state index in [9.17, 15) is 8.78 Å². The van der Waals surface area contributed by atoms with Crippen molar-refractivity contribution in [3.63, 3.8) is 0 Å². The third-order valence-corrected chi connectivity index (χ3v) is 3.09. The second-order valence-corrected chi connectivity index (χ2v) is 4.35. The van der Waals surface area contributed by atoms with Gasteiger partial charge in [0.15, 0.2) is 0 Å². The highest BCUT2D eigenvalue weighted by molar-refractivity contribution is 6.29. The molecule has 0 aliphatic rings. The maximum atomic E-state index is 12.7. The van der Waals surface area contributed by atoms with E-state index in [-0.39, 0.29) is 5.69 Å². The van der Waals surface area contributed by atoms with Crippen LogP contribution in [0.3, 0.4) is 0 Å². The Kier molecular flexibility index (Phi) is 2.91. The first-order valence-electron chi connectivity index (χ1n) is 5.53. The molecule has 19 heavy (non-hydrogen) atoms. The molecule has 96 valence electrons. The van der Waals surface area contributed by atoms with E-state index in [0.717, 1.165) is 5.56 Å². The molecule has 0 fully saturated rings. The summed E-state index contributed by atoms with van der Waals surface area (Å²) in [5.74, 6) is 0. The summed E-state index contributed by atoms with van der Waals surface area (Å²) in [5, 5.41) is 0.472. The van der Waals surface area contributed by atoms with Crippen LogP contribution in [0, 0.1) is 0 Å². The molecule has 3 aromatic rings. The number of nitrogens with zero attached hydrogens (tertiary/aromatic N) is 3. The number of hydrogen-bond donors (Lipinski definition) is 0. The van der Waals surface area contributed by atoms with Gasteiger partial charge in [0.25, 0.3) is 6.43 Å². The Morgan fingerprint density at radius 2 is 2.05 bits per heavy atom. The fourth-order valence-electron chi connectivity index (χ4n) is 1.94.